The smallest absolute Gasteiger partial charge is 0.275 e. The minimum absolute atomic E-state index is 0.477. The Hall–Kier alpha value is -2.34. The second-order valence-corrected chi connectivity index (χ2v) is 5.81. The number of nitrogens with one attached hydrogen (secondary N) is 2. The number of hydrogen-bond donors (Lipinski definition) is 2. The van der Waals surface area contributed by atoms with Gasteiger partial charge < -0.3 is 15.4 Å². The summed E-state index contributed by atoms with van der Waals surface area (Å²) in [5.74, 6) is -0.527. The second-order valence-electron chi connectivity index (χ2n) is 4.96. The van der Waals surface area contributed by atoms with Gasteiger partial charge in [-0.15, -0.1) is 0 Å². The van der Waals surface area contributed by atoms with Gasteiger partial charge >= 0.3 is 0 Å². The lowest BCUT2D eigenvalue weighted by atomic mass is 10.2. The van der Waals surface area contributed by atoms with Crippen molar-refractivity contribution < 1.29 is 14.3 Å². The molecule has 0 fully saturated rings. The highest BCUT2D eigenvalue weighted by atomic mass is 79.9. The lowest BCUT2D eigenvalue weighted by Crippen LogP contribution is -2.45. The van der Waals surface area contributed by atoms with Crippen LogP contribution in [0.3, 0.4) is 0 Å². The average molecular weight is 361 g/mol. The maximum Gasteiger partial charge on any atom is 0.275 e. The van der Waals surface area contributed by atoms with Crippen LogP contribution in [0, 0.1) is 6.92 Å². The first-order chi connectivity index (χ1) is 10.5. The van der Waals surface area contributed by atoms with E-state index in [2.05, 4.69) is 26.6 Å². The van der Waals surface area contributed by atoms with Crippen molar-refractivity contribution in [2.24, 2.45) is 0 Å². The monoisotopic (exact) mass is 360 g/mol. The van der Waals surface area contributed by atoms with Crippen LogP contribution in [0.5, 0.6) is 5.75 Å². The van der Waals surface area contributed by atoms with Gasteiger partial charge in [-0.25, -0.2) is 0 Å². The molecule has 0 unspecified atom stereocenters. The summed E-state index contributed by atoms with van der Waals surface area (Å²) in [6, 6.07) is 12.5. The topological polar surface area (TPSA) is 67.4 Å². The minimum atomic E-state index is -1.22. The number of amides is 2. The van der Waals surface area contributed by atoms with Gasteiger partial charge in [0, 0.05) is 4.47 Å². The van der Waals surface area contributed by atoms with Crippen molar-refractivity contribution in [3.8, 4) is 5.75 Å². The Morgan fingerprint density at radius 3 is 2.82 bits per heavy atom. The Bertz CT molecular complexity index is 761. The molecule has 0 bridgehead atoms. The second kappa shape index (κ2) is 5.81. The van der Waals surface area contributed by atoms with Crippen molar-refractivity contribution >= 4 is 39.1 Å². The van der Waals surface area contributed by atoms with Crippen LogP contribution in [0.25, 0.3) is 0 Å². The molecule has 5 nitrogen and oxygen atoms in total. The van der Waals surface area contributed by atoms with Gasteiger partial charge in [-0.1, -0.05) is 18.2 Å². The summed E-state index contributed by atoms with van der Waals surface area (Å²) in [5, 5.41) is 5.36. The van der Waals surface area contributed by atoms with Crippen molar-refractivity contribution in [3.05, 3.63) is 52.5 Å². The van der Waals surface area contributed by atoms with Gasteiger partial charge in [-0.2, -0.15) is 0 Å². The van der Waals surface area contributed by atoms with Crippen LogP contribution in [-0.2, 0) is 9.59 Å². The summed E-state index contributed by atoms with van der Waals surface area (Å²) in [7, 11) is 0. The summed E-state index contributed by atoms with van der Waals surface area (Å²) in [4.78, 5) is 24.3. The van der Waals surface area contributed by atoms with Crippen LogP contribution < -0.4 is 15.4 Å². The van der Waals surface area contributed by atoms with Crippen molar-refractivity contribution in [1.82, 2.24) is 0 Å². The van der Waals surface area contributed by atoms with Crippen LogP contribution in [0.4, 0.5) is 11.4 Å². The van der Waals surface area contributed by atoms with E-state index in [1.165, 1.54) is 0 Å². The molecule has 0 saturated carbocycles. The van der Waals surface area contributed by atoms with Crippen LogP contribution >= 0.6 is 15.9 Å². The number of ether oxygens (including phenoxy) is 1. The Morgan fingerprint density at radius 1 is 1.27 bits per heavy atom. The number of aryl methyl sites for hydroxylation is 1. The van der Waals surface area contributed by atoms with E-state index in [0.717, 1.165) is 10.0 Å². The number of anilines is 2. The highest BCUT2D eigenvalue weighted by molar-refractivity contribution is 9.10. The lowest BCUT2D eigenvalue weighted by molar-refractivity contribution is -0.133. The Morgan fingerprint density at radius 2 is 2.05 bits per heavy atom. The first kappa shape index (κ1) is 14.6. The Balaban J connectivity index is 1.79. The molecule has 1 aliphatic rings. The predicted molar refractivity (Wildman–Crippen MR) is 87.0 cm³/mol. The molecule has 2 amide bonds. The molecule has 2 N–H and O–H groups in total. The Labute approximate surface area is 135 Å². The van der Waals surface area contributed by atoms with Crippen LogP contribution in [0.2, 0.25) is 0 Å². The zero-order valence-electron chi connectivity index (χ0n) is 11.7. The van der Waals surface area contributed by atoms with Crippen LogP contribution in [-0.4, -0.2) is 17.9 Å². The normalized spacial score (nSPS) is 16.3. The average Bonchev–Trinajstić information content (AvgIpc) is 2.49. The fourth-order valence-corrected chi connectivity index (χ4v) is 2.74. The van der Waals surface area contributed by atoms with E-state index in [0.29, 0.717) is 17.1 Å². The fourth-order valence-electron chi connectivity index (χ4n) is 2.14. The molecule has 0 aromatic heterocycles. The first-order valence-electron chi connectivity index (χ1n) is 6.68. The number of carbonyl (C=O) groups is 2. The molecule has 2 aromatic rings. The van der Waals surface area contributed by atoms with Gasteiger partial charge in [0.1, 0.15) is 5.75 Å². The molecule has 6 heteroatoms. The first-order valence-corrected chi connectivity index (χ1v) is 7.47. The van der Waals surface area contributed by atoms with E-state index in [9.17, 15) is 9.59 Å². The summed E-state index contributed by atoms with van der Waals surface area (Å²) in [5.41, 5.74) is 2.21. The van der Waals surface area contributed by atoms with Crippen molar-refractivity contribution in [1.29, 1.82) is 0 Å². The third-order valence-corrected chi connectivity index (χ3v) is 3.90. The molecule has 0 spiro atoms. The van der Waals surface area contributed by atoms with E-state index < -0.39 is 17.9 Å². The maximum atomic E-state index is 12.3. The van der Waals surface area contributed by atoms with Gasteiger partial charge in [0.15, 0.2) is 0 Å². The maximum absolute atomic E-state index is 12.3. The molecule has 22 heavy (non-hydrogen) atoms. The summed E-state index contributed by atoms with van der Waals surface area (Å²) >= 11 is 3.38. The van der Waals surface area contributed by atoms with Crippen LogP contribution in [0.15, 0.2) is 46.9 Å². The van der Waals surface area contributed by atoms with Crippen LogP contribution in [0.1, 0.15) is 5.56 Å². The molecule has 3 rings (SSSR count). The molecule has 0 saturated heterocycles. The molecule has 1 aliphatic heterocycles. The number of halogens is 1. The van der Waals surface area contributed by atoms with Gasteiger partial charge in [0.2, 0.25) is 0 Å². The molecular weight excluding hydrogens is 348 g/mol. The molecular formula is C16H13BrN2O3. The third-order valence-electron chi connectivity index (χ3n) is 3.25. The Kier molecular flexibility index (Phi) is 3.85. The molecule has 0 aliphatic carbocycles. The van der Waals surface area contributed by atoms with Gasteiger partial charge in [0.25, 0.3) is 17.9 Å². The van der Waals surface area contributed by atoms with E-state index >= 15 is 0 Å². The molecule has 1 heterocycles. The number of benzene rings is 2. The number of hydrogen-bond acceptors (Lipinski definition) is 3. The largest absolute Gasteiger partial charge is 0.468 e. The van der Waals surface area contributed by atoms with Gasteiger partial charge in [-0.05, 0) is 52.7 Å². The SMILES string of the molecule is Cc1ccc(NC(=O)[C@H]2Oc3ccccc3NC2=O)c(Br)c1. The fraction of sp³-hybridized carbons (Fsp3) is 0.125. The number of fused-ring (bicyclic) bond motifs is 1. The molecule has 2 aromatic carbocycles. The van der Waals surface area contributed by atoms with E-state index in [-0.39, 0.29) is 0 Å². The zero-order chi connectivity index (χ0) is 15.7. The third kappa shape index (κ3) is 2.82. The molecule has 1 atom stereocenters. The van der Waals surface area contributed by atoms with Gasteiger partial charge in [-0.3, -0.25) is 9.59 Å². The predicted octanol–water partition coefficient (Wildman–Crippen LogP) is 3.10. The number of carbonyl (C=O) groups excluding carboxylic acids is 2. The number of rotatable bonds is 2. The summed E-state index contributed by atoms with van der Waals surface area (Å²) in [6.07, 6.45) is -1.22. The standard InChI is InChI=1S/C16H13BrN2O3/c1-9-6-7-11(10(17)8-9)18-15(20)14-16(21)19-12-4-2-3-5-13(12)22-14/h2-8,14H,1H3,(H,18,20)(H,19,21)/t14-/m1/s1. The number of para-hydroxylation sites is 2. The van der Waals surface area contributed by atoms with Crippen molar-refractivity contribution in [2.45, 2.75) is 13.0 Å². The molecule has 112 valence electrons. The van der Waals surface area contributed by atoms with Crippen molar-refractivity contribution in [3.63, 3.8) is 0 Å². The van der Waals surface area contributed by atoms with Gasteiger partial charge in [0.05, 0.1) is 11.4 Å². The quantitative estimate of drug-likeness (QED) is 0.808. The summed E-state index contributed by atoms with van der Waals surface area (Å²) in [6.45, 7) is 1.95. The highest BCUT2D eigenvalue weighted by Gasteiger charge is 2.34. The van der Waals surface area contributed by atoms with Crippen molar-refractivity contribution in [2.75, 3.05) is 10.6 Å². The van der Waals surface area contributed by atoms with E-state index in [4.69, 9.17) is 4.74 Å². The molecule has 0 radical (unpaired) electrons. The van der Waals surface area contributed by atoms with E-state index in [1.807, 2.05) is 19.1 Å². The zero-order valence-corrected chi connectivity index (χ0v) is 13.3. The summed E-state index contributed by atoms with van der Waals surface area (Å²) < 4.78 is 6.25. The lowest BCUT2D eigenvalue weighted by Gasteiger charge is -2.25. The highest BCUT2D eigenvalue weighted by Crippen LogP contribution is 2.29. The van der Waals surface area contributed by atoms with E-state index in [1.54, 1.807) is 30.3 Å². The minimum Gasteiger partial charge on any atom is -0.468 e.